The van der Waals surface area contributed by atoms with Crippen molar-refractivity contribution in [1.82, 2.24) is 5.32 Å². The number of alkyl halides is 1. The summed E-state index contributed by atoms with van der Waals surface area (Å²) in [7, 11) is 0. The first-order valence-corrected chi connectivity index (χ1v) is 7.24. The average molecular weight is 314 g/mol. The third-order valence-corrected chi connectivity index (χ3v) is 4.21. The molecule has 0 spiro atoms. The maximum atomic E-state index is 12.7. The maximum absolute atomic E-state index is 12.7. The van der Waals surface area contributed by atoms with E-state index in [9.17, 15) is 9.18 Å². The van der Waals surface area contributed by atoms with Crippen molar-refractivity contribution in [2.24, 2.45) is 5.92 Å². The Hall–Kier alpha value is -0.900. The lowest BCUT2D eigenvalue weighted by Crippen LogP contribution is -2.31. The molecule has 0 saturated heterocycles. The van der Waals surface area contributed by atoms with Gasteiger partial charge >= 0.3 is 0 Å². The van der Waals surface area contributed by atoms with Gasteiger partial charge in [0.2, 0.25) is 0 Å². The lowest BCUT2D eigenvalue weighted by Gasteiger charge is -2.25. The standard InChI is InChI=1S/C14H17BrFNO/c15-12-3-1-2-10(8-12)9-17-14(18)11-4-6-13(16)7-5-11/h4-7,10,12H,1-3,8-9H2,(H,17,18). The highest BCUT2D eigenvalue weighted by molar-refractivity contribution is 9.09. The van der Waals surface area contributed by atoms with Crippen LogP contribution in [0.5, 0.6) is 0 Å². The highest BCUT2D eigenvalue weighted by atomic mass is 79.9. The van der Waals surface area contributed by atoms with Gasteiger partial charge in [0.15, 0.2) is 0 Å². The normalized spacial score (nSPS) is 23.7. The third kappa shape index (κ3) is 3.80. The van der Waals surface area contributed by atoms with Crippen LogP contribution in [0.15, 0.2) is 24.3 Å². The van der Waals surface area contributed by atoms with Gasteiger partial charge in [0.05, 0.1) is 0 Å². The van der Waals surface area contributed by atoms with E-state index < -0.39 is 0 Å². The number of hydrogen-bond donors (Lipinski definition) is 1. The van der Waals surface area contributed by atoms with Gasteiger partial charge in [-0.15, -0.1) is 0 Å². The fourth-order valence-electron chi connectivity index (χ4n) is 2.35. The maximum Gasteiger partial charge on any atom is 0.251 e. The smallest absolute Gasteiger partial charge is 0.251 e. The number of carbonyl (C=O) groups is 1. The Labute approximate surface area is 115 Å². The molecule has 1 amide bonds. The zero-order valence-corrected chi connectivity index (χ0v) is 11.7. The molecule has 0 heterocycles. The van der Waals surface area contributed by atoms with Crippen LogP contribution in [0.2, 0.25) is 0 Å². The molecule has 18 heavy (non-hydrogen) atoms. The second kappa shape index (κ2) is 6.32. The predicted octanol–water partition coefficient (Wildman–Crippen LogP) is 3.51. The number of rotatable bonds is 3. The zero-order valence-electron chi connectivity index (χ0n) is 10.2. The molecule has 1 saturated carbocycles. The van der Waals surface area contributed by atoms with Crippen LogP contribution < -0.4 is 5.32 Å². The number of benzene rings is 1. The fraction of sp³-hybridized carbons (Fsp3) is 0.500. The minimum atomic E-state index is -0.319. The van der Waals surface area contributed by atoms with Crippen LogP contribution in [-0.4, -0.2) is 17.3 Å². The van der Waals surface area contributed by atoms with Crippen molar-refractivity contribution in [3.8, 4) is 0 Å². The molecule has 1 fully saturated rings. The van der Waals surface area contributed by atoms with Crippen molar-refractivity contribution in [3.63, 3.8) is 0 Å². The highest BCUT2D eigenvalue weighted by Crippen LogP contribution is 2.28. The molecule has 2 atom stereocenters. The molecule has 1 aromatic carbocycles. The van der Waals surface area contributed by atoms with E-state index in [0.717, 1.165) is 6.42 Å². The van der Waals surface area contributed by atoms with Crippen molar-refractivity contribution < 1.29 is 9.18 Å². The van der Waals surface area contributed by atoms with Crippen LogP contribution in [0.4, 0.5) is 4.39 Å². The molecule has 2 unspecified atom stereocenters. The quantitative estimate of drug-likeness (QED) is 0.850. The summed E-state index contributed by atoms with van der Waals surface area (Å²) < 4.78 is 12.7. The molecule has 0 bridgehead atoms. The number of halogens is 2. The van der Waals surface area contributed by atoms with Gasteiger partial charge in [-0.1, -0.05) is 22.4 Å². The van der Waals surface area contributed by atoms with E-state index in [4.69, 9.17) is 0 Å². The lowest BCUT2D eigenvalue weighted by atomic mass is 9.89. The number of carbonyl (C=O) groups excluding carboxylic acids is 1. The van der Waals surface area contributed by atoms with Gasteiger partial charge in [-0.3, -0.25) is 4.79 Å². The van der Waals surface area contributed by atoms with Crippen LogP contribution in [-0.2, 0) is 0 Å². The molecule has 0 aromatic heterocycles. The van der Waals surface area contributed by atoms with Gasteiger partial charge in [0, 0.05) is 16.9 Å². The Kier molecular flexibility index (Phi) is 4.75. The first-order chi connectivity index (χ1) is 8.65. The average Bonchev–Trinajstić information content (AvgIpc) is 2.37. The number of amides is 1. The van der Waals surface area contributed by atoms with E-state index in [2.05, 4.69) is 21.2 Å². The minimum absolute atomic E-state index is 0.119. The fourth-order valence-corrected chi connectivity index (χ4v) is 3.20. The molecule has 2 nitrogen and oxygen atoms in total. The summed E-state index contributed by atoms with van der Waals surface area (Å²) >= 11 is 3.63. The van der Waals surface area contributed by atoms with Gasteiger partial charge in [0.25, 0.3) is 5.91 Å². The molecule has 0 aliphatic heterocycles. The van der Waals surface area contributed by atoms with Crippen molar-refractivity contribution >= 4 is 21.8 Å². The van der Waals surface area contributed by atoms with E-state index in [-0.39, 0.29) is 11.7 Å². The number of nitrogens with one attached hydrogen (secondary N) is 1. The molecule has 1 aromatic rings. The van der Waals surface area contributed by atoms with Crippen LogP contribution in [0.1, 0.15) is 36.0 Å². The van der Waals surface area contributed by atoms with E-state index >= 15 is 0 Å². The molecule has 1 aliphatic rings. The van der Waals surface area contributed by atoms with Gasteiger partial charge in [0.1, 0.15) is 5.82 Å². The summed E-state index contributed by atoms with van der Waals surface area (Å²) in [6.45, 7) is 0.707. The van der Waals surface area contributed by atoms with Crippen molar-refractivity contribution in [2.75, 3.05) is 6.54 Å². The van der Waals surface area contributed by atoms with E-state index in [0.29, 0.717) is 22.9 Å². The van der Waals surface area contributed by atoms with Crippen LogP contribution >= 0.6 is 15.9 Å². The number of hydrogen-bond acceptors (Lipinski definition) is 1. The molecular formula is C14H17BrFNO. The zero-order chi connectivity index (χ0) is 13.0. The first-order valence-electron chi connectivity index (χ1n) is 6.33. The van der Waals surface area contributed by atoms with Crippen LogP contribution in [0, 0.1) is 11.7 Å². The van der Waals surface area contributed by atoms with E-state index in [1.807, 2.05) is 0 Å². The third-order valence-electron chi connectivity index (χ3n) is 3.38. The van der Waals surface area contributed by atoms with Crippen molar-refractivity contribution in [1.29, 1.82) is 0 Å². The van der Waals surface area contributed by atoms with Crippen molar-refractivity contribution in [3.05, 3.63) is 35.6 Å². The molecule has 1 aliphatic carbocycles. The molecule has 0 radical (unpaired) electrons. The first kappa shape index (κ1) is 13.5. The van der Waals surface area contributed by atoms with Gasteiger partial charge in [-0.05, 0) is 49.4 Å². The summed E-state index contributed by atoms with van der Waals surface area (Å²) in [6, 6.07) is 5.64. The van der Waals surface area contributed by atoms with Crippen LogP contribution in [0.3, 0.4) is 0 Å². The van der Waals surface area contributed by atoms with Crippen LogP contribution in [0.25, 0.3) is 0 Å². The van der Waals surface area contributed by atoms with Gasteiger partial charge < -0.3 is 5.32 Å². The predicted molar refractivity (Wildman–Crippen MR) is 73.4 cm³/mol. The Bertz CT molecular complexity index is 407. The summed E-state index contributed by atoms with van der Waals surface area (Å²) in [4.78, 5) is 12.4. The Morgan fingerprint density at radius 1 is 1.33 bits per heavy atom. The topological polar surface area (TPSA) is 29.1 Å². The summed E-state index contributed by atoms with van der Waals surface area (Å²) in [5.41, 5.74) is 0.516. The Morgan fingerprint density at radius 2 is 2.06 bits per heavy atom. The molecule has 1 N–H and O–H groups in total. The Morgan fingerprint density at radius 3 is 2.72 bits per heavy atom. The van der Waals surface area contributed by atoms with E-state index in [1.165, 1.54) is 43.5 Å². The molecule has 4 heteroatoms. The summed E-state index contributed by atoms with van der Waals surface area (Å²) in [6.07, 6.45) is 4.73. The second-order valence-electron chi connectivity index (χ2n) is 4.85. The van der Waals surface area contributed by atoms with Gasteiger partial charge in [-0.25, -0.2) is 4.39 Å². The minimum Gasteiger partial charge on any atom is -0.352 e. The SMILES string of the molecule is O=C(NCC1CCCC(Br)C1)c1ccc(F)cc1. The molecule has 2 rings (SSSR count). The van der Waals surface area contributed by atoms with E-state index in [1.54, 1.807) is 0 Å². The summed E-state index contributed by atoms with van der Waals surface area (Å²) in [5, 5.41) is 2.93. The summed E-state index contributed by atoms with van der Waals surface area (Å²) in [5.74, 6) is 0.111. The monoisotopic (exact) mass is 313 g/mol. The molecular weight excluding hydrogens is 297 g/mol. The van der Waals surface area contributed by atoms with Crippen molar-refractivity contribution in [2.45, 2.75) is 30.5 Å². The lowest BCUT2D eigenvalue weighted by molar-refractivity contribution is 0.0944. The largest absolute Gasteiger partial charge is 0.352 e. The molecule has 98 valence electrons. The second-order valence-corrected chi connectivity index (χ2v) is 6.14. The Balaban J connectivity index is 1.82. The highest BCUT2D eigenvalue weighted by Gasteiger charge is 2.20. The van der Waals surface area contributed by atoms with Gasteiger partial charge in [-0.2, -0.15) is 0 Å².